The second kappa shape index (κ2) is 9.36. The zero-order valence-electron chi connectivity index (χ0n) is 18.7. The largest absolute Gasteiger partial charge is 0.482 e. The van der Waals surface area contributed by atoms with Gasteiger partial charge in [-0.25, -0.2) is 8.42 Å². The molecule has 0 bridgehead atoms. The lowest BCUT2D eigenvalue weighted by atomic mass is 9.88. The van der Waals surface area contributed by atoms with Crippen LogP contribution in [0.15, 0.2) is 47.4 Å². The van der Waals surface area contributed by atoms with Gasteiger partial charge in [-0.2, -0.15) is 4.31 Å². The second-order valence-electron chi connectivity index (χ2n) is 8.63. The molecule has 1 aliphatic carbocycles. The minimum absolute atomic E-state index is 0.0538. The fourth-order valence-corrected chi connectivity index (χ4v) is 6.17. The Labute approximate surface area is 198 Å². The van der Waals surface area contributed by atoms with Gasteiger partial charge in [0.05, 0.1) is 29.8 Å². The lowest BCUT2D eigenvalue weighted by molar-refractivity contribution is -0.125. The van der Waals surface area contributed by atoms with Crippen LogP contribution in [0.1, 0.15) is 30.0 Å². The SMILES string of the molecule is O=C(CN1C(=O)COc2ccc(S(=O)(=O)N3CCOCC3)cc21)N[C@H]1CCCc2ccccc21. The van der Waals surface area contributed by atoms with Gasteiger partial charge in [0.25, 0.3) is 5.91 Å². The van der Waals surface area contributed by atoms with Gasteiger partial charge in [0.2, 0.25) is 15.9 Å². The molecule has 180 valence electrons. The topological polar surface area (TPSA) is 105 Å². The molecule has 9 nitrogen and oxygen atoms in total. The van der Waals surface area contributed by atoms with Crippen molar-refractivity contribution in [3.8, 4) is 5.75 Å². The molecule has 0 radical (unpaired) electrons. The van der Waals surface area contributed by atoms with Gasteiger partial charge in [0.15, 0.2) is 6.61 Å². The smallest absolute Gasteiger partial charge is 0.265 e. The van der Waals surface area contributed by atoms with Gasteiger partial charge >= 0.3 is 0 Å². The number of carbonyl (C=O) groups excluding carboxylic acids is 2. The standard InChI is InChI=1S/C24H27N3O6S/c28-23(25-20-7-3-5-17-4-1-2-6-19(17)20)15-27-21-14-18(8-9-22(21)33-16-24(27)29)34(30,31)26-10-12-32-13-11-26/h1-2,4,6,8-9,14,20H,3,5,7,10-13,15-16H2,(H,25,28)/t20-/m0/s1. The molecular formula is C24H27N3O6S. The molecule has 2 aromatic rings. The summed E-state index contributed by atoms with van der Waals surface area (Å²) in [5.41, 5.74) is 2.62. The highest BCUT2D eigenvalue weighted by molar-refractivity contribution is 7.89. The van der Waals surface area contributed by atoms with Crippen LogP contribution in [0.2, 0.25) is 0 Å². The van der Waals surface area contributed by atoms with Gasteiger partial charge in [-0.3, -0.25) is 14.5 Å². The molecule has 0 aromatic heterocycles. The Morgan fingerprint density at radius 2 is 1.91 bits per heavy atom. The molecular weight excluding hydrogens is 458 g/mol. The highest BCUT2D eigenvalue weighted by Crippen LogP contribution is 2.35. The Kier molecular flexibility index (Phi) is 6.28. The van der Waals surface area contributed by atoms with Crippen LogP contribution in [0.25, 0.3) is 0 Å². The number of morpholine rings is 1. The van der Waals surface area contributed by atoms with Crippen LogP contribution >= 0.6 is 0 Å². The Morgan fingerprint density at radius 3 is 2.74 bits per heavy atom. The van der Waals surface area contributed by atoms with Crippen molar-refractivity contribution >= 4 is 27.5 Å². The summed E-state index contributed by atoms with van der Waals surface area (Å²) in [6.07, 6.45) is 2.79. The van der Waals surface area contributed by atoms with Gasteiger partial charge in [0, 0.05) is 13.1 Å². The minimum atomic E-state index is -3.76. The number of rotatable bonds is 5. The molecule has 1 atom stereocenters. The lowest BCUT2D eigenvalue weighted by Crippen LogP contribution is -2.46. The summed E-state index contributed by atoms with van der Waals surface area (Å²) in [6.45, 7) is 0.787. The Balaban J connectivity index is 1.37. The highest BCUT2D eigenvalue weighted by atomic mass is 32.2. The van der Waals surface area contributed by atoms with Gasteiger partial charge in [-0.05, 0) is 48.6 Å². The van der Waals surface area contributed by atoms with E-state index in [0.29, 0.717) is 19.0 Å². The summed E-state index contributed by atoms with van der Waals surface area (Å²) in [7, 11) is -3.76. The van der Waals surface area contributed by atoms with Gasteiger partial charge in [-0.1, -0.05) is 24.3 Å². The van der Waals surface area contributed by atoms with E-state index in [2.05, 4.69) is 11.4 Å². The van der Waals surface area contributed by atoms with E-state index in [1.54, 1.807) is 0 Å². The number of nitrogens with one attached hydrogen (secondary N) is 1. The molecule has 1 N–H and O–H groups in total. The molecule has 10 heteroatoms. The van der Waals surface area contributed by atoms with Crippen LogP contribution in [0.5, 0.6) is 5.75 Å². The monoisotopic (exact) mass is 485 g/mol. The maximum Gasteiger partial charge on any atom is 0.265 e. The third kappa shape index (κ3) is 4.40. The van der Waals surface area contributed by atoms with Gasteiger partial charge in [0.1, 0.15) is 12.3 Å². The Hall–Kier alpha value is -2.95. The predicted octanol–water partition coefficient (Wildman–Crippen LogP) is 1.63. The van der Waals surface area contributed by atoms with Crippen molar-refractivity contribution in [1.29, 1.82) is 0 Å². The zero-order valence-corrected chi connectivity index (χ0v) is 19.6. The fourth-order valence-electron chi connectivity index (χ4n) is 4.74. The van der Waals surface area contributed by atoms with Crippen molar-refractivity contribution in [2.45, 2.75) is 30.2 Å². The first-order valence-corrected chi connectivity index (χ1v) is 12.9. The van der Waals surface area contributed by atoms with Crippen LogP contribution in [-0.2, 0) is 30.8 Å². The molecule has 2 amide bonds. The van der Waals surface area contributed by atoms with E-state index < -0.39 is 15.9 Å². The third-order valence-electron chi connectivity index (χ3n) is 6.49. The normalized spacial score (nSPS) is 20.8. The first-order valence-electron chi connectivity index (χ1n) is 11.5. The molecule has 5 rings (SSSR count). The molecule has 0 spiro atoms. The van der Waals surface area contributed by atoms with Crippen molar-refractivity contribution in [3.05, 3.63) is 53.6 Å². The predicted molar refractivity (Wildman–Crippen MR) is 124 cm³/mol. The number of carbonyl (C=O) groups is 2. The van der Waals surface area contributed by atoms with Crippen LogP contribution in [0.3, 0.4) is 0 Å². The average Bonchev–Trinajstić information content (AvgIpc) is 2.86. The maximum absolute atomic E-state index is 13.1. The number of hydrogen-bond acceptors (Lipinski definition) is 6. The number of ether oxygens (including phenoxy) is 2. The average molecular weight is 486 g/mol. The van der Waals surface area contributed by atoms with Crippen molar-refractivity contribution in [2.75, 3.05) is 44.4 Å². The van der Waals surface area contributed by atoms with E-state index in [-0.39, 0.29) is 48.8 Å². The van der Waals surface area contributed by atoms with E-state index in [0.717, 1.165) is 24.8 Å². The number of hydrogen-bond donors (Lipinski definition) is 1. The highest BCUT2D eigenvalue weighted by Gasteiger charge is 2.32. The van der Waals surface area contributed by atoms with Crippen molar-refractivity contribution < 1.29 is 27.5 Å². The Bertz CT molecular complexity index is 1210. The summed E-state index contributed by atoms with van der Waals surface area (Å²) in [5.74, 6) is -0.326. The zero-order chi connectivity index (χ0) is 23.7. The molecule has 1 saturated heterocycles. The first-order chi connectivity index (χ1) is 16.4. The summed E-state index contributed by atoms with van der Waals surface area (Å²) < 4.78 is 38.3. The molecule has 34 heavy (non-hydrogen) atoms. The molecule has 3 aliphatic rings. The number of fused-ring (bicyclic) bond motifs is 2. The van der Waals surface area contributed by atoms with E-state index in [1.165, 1.54) is 33.0 Å². The van der Waals surface area contributed by atoms with E-state index in [9.17, 15) is 18.0 Å². The number of anilines is 1. The molecule has 1 fully saturated rings. The van der Waals surface area contributed by atoms with Gasteiger partial charge in [-0.15, -0.1) is 0 Å². The Morgan fingerprint density at radius 1 is 1.12 bits per heavy atom. The van der Waals surface area contributed by atoms with Crippen LogP contribution in [0.4, 0.5) is 5.69 Å². The molecule has 2 heterocycles. The second-order valence-corrected chi connectivity index (χ2v) is 10.6. The third-order valence-corrected chi connectivity index (χ3v) is 8.38. The summed E-state index contributed by atoms with van der Waals surface area (Å²) >= 11 is 0. The van der Waals surface area contributed by atoms with Crippen molar-refractivity contribution in [1.82, 2.24) is 9.62 Å². The minimum Gasteiger partial charge on any atom is -0.482 e. The van der Waals surface area contributed by atoms with Gasteiger partial charge < -0.3 is 14.8 Å². The number of sulfonamides is 1. The van der Waals surface area contributed by atoms with Crippen LogP contribution in [-0.4, -0.2) is 64.0 Å². The molecule has 0 saturated carbocycles. The number of aryl methyl sites for hydroxylation is 1. The lowest BCUT2D eigenvalue weighted by Gasteiger charge is -2.31. The van der Waals surface area contributed by atoms with E-state index in [1.807, 2.05) is 18.2 Å². The van der Waals surface area contributed by atoms with Crippen molar-refractivity contribution in [3.63, 3.8) is 0 Å². The maximum atomic E-state index is 13.1. The molecule has 2 aromatic carbocycles. The van der Waals surface area contributed by atoms with Crippen molar-refractivity contribution in [2.24, 2.45) is 0 Å². The van der Waals surface area contributed by atoms with E-state index in [4.69, 9.17) is 9.47 Å². The fraction of sp³-hybridized carbons (Fsp3) is 0.417. The number of nitrogens with zero attached hydrogens (tertiary/aromatic N) is 2. The summed E-state index contributed by atoms with van der Waals surface area (Å²) in [6, 6.07) is 12.4. The quantitative estimate of drug-likeness (QED) is 0.690. The van der Waals surface area contributed by atoms with Crippen LogP contribution < -0.4 is 15.0 Å². The molecule has 0 unspecified atom stereocenters. The first kappa shape index (κ1) is 22.8. The molecule has 2 aliphatic heterocycles. The summed E-state index contributed by atoms with van der Waals surface area (Å²) in [4.78, 5) is 27.0. The number of amides is 2. The summed E-state index contributed by atoms with van der Waals surface area (Å²) in [5, 5.41) is 3.06. The van der Waals surface area contributed by atoms with E-state index >= 15 is 0 Å². The van der Waals surface area contributed by atoms with Crippen LogP contribution in [0, 0.1) is 0 Å². The number of benzene rings is 2.